The van der Waals surface area contributed by atoms with Crippen molar-refractivity contribution in [3.05, 3.63) is 65.5 Å². The molecule has 0 fully saturated rings. The summed E-state index contributed by atoms with van der Waals surface area (Å²) in [6.45, 7) is 1.84. The summed E-state index contributed by atoms with van der Waals surface area (Å²) < 4.78 is 27.1. The fourth-order valence-corrected chi connectivity index (χ4v) is 2.05. The van der Waals surface area contributed by atoms with Crippen molar-refractivity contribution in [2.75, 3.05) is 0 Å². The minimum absolute atomic E-state index is 0.325. The molecule has 0 amide bonds. The SMILES string of the molecule is CCC(N)(c1cccc(F)c1)c1ccncc1F. The Labute approximate surface area is 104 Å². The van der Waals surface area contributed by atoms with Gasteiger partial charge in [-0.25, -0.2) is 8.78 Å². The first-order chi connectivity index (χ1) is 8.58. The highest BCUT2D eigenvalue weighted by atomic mass is 19.1. The van der Waals surface area contributed by atoms with Crippen LogP contribution in [0.15, 0.2) is 42.7 Å². The summed E-state index contributed by atoms with van der Waals surface area (Å²) in [5.41, 5.74) is 6.10. The number of pyridine rings is 1. The highest BCUT2D eigenvalue weighted by molar-refractivity contribution is 5.37. The Balaban J connectivity index is 2.59. The van der Waals surface area contributed by atoms with E-state index in [0.717, 1.165) is 6.20 Å². The zero-order valence-corrected chi connectivity index (χ0v) is 10.0. The monoisotopic (exact) mass is 248 g/mol. The molecule has 0 aliphatic carbocycles. The van der Waals surface area contributed by atoms with E-state index in [-0.39, 0.29) is 5.82 Å². The normalized spacial score (nSPS) is 14.2. The van der Waals surface area contributed by atoms with Gasteiger partial charge in [0.05, 0.1) is 11.7 Å². The third-order valence-corrected chi connectivity index (χ3v) is 3.15. The molecule has 2 rings (SSSR count). The maximum Gasteiger partial charge on any atom is 0.146 e. The summed E-state index contributed by atoms with van der Waals surface area (Å²) in [4.78, 5) is 3.70. The fourth-order valence-electron chi connectivity index (χ4n) is 2.05. The number of nitrogens with zero attached hydrogens (tertiary/aromatic N) is 1. The zero-order valence-electron chi connectivity index (χ0n) is 10.0. The first-order valence-corrected chi connectivity index (χ1v) is 5.73. The summed E-state index contributed by atoms with van der Waals surface area (Å²) in [5, 5.41) is 0. The zero-order chi connectivity index (χ0) is 13.2. The lowest BCUT2D eigenvalue weighted by atomic mass is 9.82. The molecule has 2 nitrogen and oxygen atoms in total. The van der Waals surface area contributed by atoms with Crippen LogP contribution < -0.4 is 5.73 Å². The lowest BCUT2D eigenvalue weighted by molar-refractivity contribution is 0.473. The van der Waals surface area contributed by atoms with Crippen molar-refractivity contribution in [3.8, 4) is 0 Å². The first kappa shape index (κ1) is 12.6. The molecule has 2 aromatic rings. The Morgan fingerprint density at radius 3 is 2.67 bits per heavy atom. The van der Waals surface area contributed by atoms with Crippen LogP contribution in [-0.4, -0.2) is 4.98 Å². The third-order valence-electron chi connectivity index (χ3n) is 3.15. The van der Waals surface area contributed by atoms with Gasteiger partial charge in [0.1, 0.15) is 11.6 Å². The summed E-state index contributed by atoms with van der Waals surface area (Å²) in [7, 11) is 0. The minimum atomic E-state index is -1.05. The van der Waals surface area contributed by atoms with Gasteiger partial charge in [-0.05, 0) is 30.2 Å². The maximum absolute atomic E-state index is 13.8. The number of halogens is 2. The first-order valence-electron chi connectivity index (χ1n) is 5.73. The van der Waals surface area contributed by atoms with Crippen molar-refractivity contribution in [2.45, 2.75) is 18.9 Å². The Bertz CT molecular complexity index is 557. The van der Waals surface area contributed by atoms with E-state index in [4.69, 9.17) is 5.73 Å². The molecule has 1 unspecified atom stereocenters. The highest BCUT2D eigenvalue weighted by Gasteiger charge is 2.30. The van der Waals surface area contributed by atoms with Crippen LogP contribution in [0.5, 0.6) is 0 Å². The highest BCUT2D eigenvalue weighted by Crippen LogP contribution is 2.31. The molecule has 0 saturated carbocycles. The van der Waals surface area contributed by atoms with E-state index in [1.165, 1.54) is 24.4 Å². The van der Waals surface area contributed by atoms with Crippen LogP contribution in [0.3, 0.4) is 0 Å². The van der Waals surface area contributed by atoms with Crippen LogP contribution in [0.1, 0.15) is 24.5 Å². The van der Waals surface area contributed by atoms with E-state index >= 15 is 0 Å². The van der Waals surface area contributed by atoms with Crippen LogP contribution in [-0.2, 0) is 5.54 Å². The van der Waals surface area contributed by atoms with Gasteiger partial charge < -0.3 is 5.73 Å². The summed E-state index contributed by atoms with van der Waals surface area (Å²) in [5.74, 6) is -0.864. The molecule has 0 bridgehead atoms. The van der Waals surface area contributed by atoms with Gasteiger partial charge in [-0.3, -0.25) is 4.98 Å². The van der Waals surface area contributed by atoms with Gasteiger partial charge in [0.25, 0.3) is 0 Å². The quantitative estimate of drug-likeness (QED) is 0.907. The van der Waals surface area contributed by atoms with Crippen molar-refractivity contribution in [1.82, 2.24) is 4.98 Å². The van der Waals surface area contributed by atoms with Gasteiger partial charge in [0, 0.05) is 11.8 Å². The third kappa shape index (κ3) is 2.11. The van der Waals surface area contributed by atoms with Crippen molar-refractivity contribution in [1.29, 1.82) is 0 Å². The van der Waals surface area contributed by atoms with E-state index in [1.807, 2.05) is 6.92 Å². The lowest BCUT2D eigenvalue weighted by Gasteiger charge is -2.29. The van der Waals surface area contributed by atoms with Crippen LogP contribution in [0, 0.1) is 11.6 Å². The average Bonchev–Trinajstić information content (AvgIpc) is 2.38. The summed E-state index contributed by atoms with van der Waals surface area (Å²) in [6.07, 6.45) is 3.05. The maximum atomic E-state index is 13.8. The molecule has 1 aromatic heterocycles. The number of hydrogen-bond acceptors (Lipinski definition) is 2. The topological polar surface area (TPSA) is 38.9 Å². The molecule has 18 heavy (non-hydrogen) atoms. The molecule has 94 valence electrons. The second-order valence-electron chi connectivity index (χ2n) is 4.19. The van der Waals surface area contributed by atoms with Gasteiger partial charge in [-0.1, -0.05) is 19.1 Å². The van der Waals surface area contributed by atoms with E-state index in [9.17, 15) is 8.78 Å². The fraction of sp³-hybridized carbons (Fsp3) is 0.214. The van der Waals surface area contributed by atoms with Crippen molar-refractivity contribution < 1.29 is 8.78 Å². The predicted molar refractivity (Wildman–Crippen MR) is 65.9 cm³/mol. The lowest BCUT2D eigenvalue weighted by Crippen LogP contribution is -2.38. The van der Waals surface area contributed by atoms with Crippen LogP contribution >= 0.6 is 0 Å². The number of rotatable bonds is 3. The van der Waals surface area contributed by atoms with Gasteiger partial charge in [0.15, 0.2) is 0 Å². The van der Waals surface area contributed by atoms with Crippen LogP contribution in [0.25, 0.3) is 0 Å². The largest absolute Gasteiger partial charge is 0.318 e. The van der Waals surface area contributed by atoms with Crippen LogP contribution in [0.2, 0.25) is 0 Å². The molecule has 1 atom stereocenters. The predicted octanol–water partition coefficient (Wildman–Crippen LogP) is 2.97. The van der Waals surface area contributed by atoms with E-state index in [1.54, 1.807) is 12.1 Å². The Hall–Kier alpha value is -1.81. The van der Waals surface area contributed by atoms with E-state index < -0.39 is 11.4 Å². The molecule has 0 spiro atoms. The Kier molecular flexibility index (Phi) is 3.39. The second-order valence-corrected chi connectivity index (χ2v) is 4.19. The van der Waals surface area contributed by atoms with E-state index in [2.05, 4.69) is 4.98 Å². The molecule has 0 aliphatic rings. The minimum Gasteiger partial charge on any atom is -0.318 e. The summed E-state index contributed by atoms with van der Waals surface area (Å²) in [6, 6.07) is 7.48. The summed E-state index contributed by atoms with van der Waals surface area (Å²) >= 11 is 0. The van der Waals surface area contributed by atoms with Gasteiger partial charge in [-0.2, -0.15) is 0 Å². The van der Waals surface area contributed by atoms with Gasteiger partial charge >= 0.3 is 0 Å². The molecule has 0 saturated heterocycles. The number of aromatic nitrogens is 1. The molecular weight excluding hydrogens is 234 g/mol. The molecule has 2 N–H and O–H groups in total. The molecular formula is C14H14F2N2. The molecule has 0 aliphatic heterocycles. The Morgan fingerprint density at radius 1 is 1.28 bits per heavy atom. The van der Waals surface area contributed by atoms with Crippen molar-refractivity contribution in [3.63, 3.8) is 0 Å². The number of hydrogen-bond donors (Lipinski definition) is 1. The Morgan fingerprint density at radius 2 is 2.06 bits per heavy atom. The van der Waals surface area contributed by atoms with Gasteiger partial charge in [0.2, 0.25) is 0 Å². The molecule has 4 heteroatoms. The smallest absolute Gasteiger partial charge is 0.146 e. The second kappa shape index (κ2) is 4.82. The van der Waals surface area contributed by atoms with Crippen LogP contribution in [0.4, 0.5) is 8.78 Å². The van der Waals surface area contributed by atoms with Crippen molar-refractivity contribution in [2.24, 2.45) is 5.73 Å². The molecule has 1 aromatic carbocycles. The van der Waals surface area contributed by atoms with Gasteiger partial charge in [-0.15, -0.1) is 0 Å². The standard InChI is InChI=1S/C14H14F2N2/c1-2-14(17,10-4-3-5-11(15)8-10)12-6-7-18-9-13(12)16/h3-9H,2,17H2,1H3. The van der Waals surface area contributed by atoms with E-state index in [0.29, 0.717) is 17.5 Å². The number of nitrogens with two attached hydrogens (primary N) is 1. The average molecular weight is 248 g/mol. The molecule has 0 radical (unpaired) electrons. The number of benzene rings is 1. The van der Waals surface area contributed by atoms with Crippen molar-refractivity contribution >= 4 is 0 Å². The molecule has 1 heterocycles.